The van der Waals surface area contributed by atoms with Crippen molar-refractivity contribution in [2.75, 3.05) is 6.54 Å². The number of hydrogen-bond donors (Lipinski definition) is 1. The molecule has 1 atom stereocenters. The molecule has 0 aliphatic heterocycles. The summed E-state index contributed by atoms with van der Waals surface area (Å²) in [5.41, 5.74) is 3.05. The van der Waals surface area contributed by atoms with Crippen molar-refractivity contribution >= 4 is 0 Å². The summed E-state index contributed by atoms with van der Waals surface area (Å²) in [5.74, 6) is 0.772. The van der Waals surface area contributed by atoms with Crippen LogP contribution in [0.3, 0.4) is 0 Å². The summed E-state index contributed by atoms with van der Waals surface area (Å²) >= 11 is 0. The van der Waals surface area contributed by atoms with Crippen LogP contribution in [-0.2, 0) is 6.54 Å². The second-order valence-electron chi connectivity index (χ2n) is 6.08. The first kappa shape index (κ1) is 17.3. The Morgan fingerprint density at radius 3 is 2.61 bits per heavy atom. The van der Waals surface area contributed by atoms with Crippen LogP contribution < -0.4 is 5.32 Å². The molecule has 0 bridgehead atoms. The van der Waals surface area contributed by atoms with Gasteiger partial charge in [-0.05, 0) is 55.3 Å². The number of unbranched alkanes of at least 4 members (excludes halogenated alkanes) is 1. The number of nitrogens with zero attached hydrogens (tertiary/aromatic N) is 2. The van der Waals surface area contributed by atoms with Crippen LogP contribution in [0.1, 0.15) is 50.8 Å². The lowest BCUT2D eigenvalue weighted by Crippen LogP contribution is -2.23. The monoisotopic (exact) mass is 309 g/mol. The summed E-state index contributed by atoms with van der Waals surface area (Å²) in [4.78, 5) is 0. The smallest absolute Gasteiger partial charge is 0.0991 e. The predicted molar refractivity (Wildman–Crippen MR) is 95.5 cm³/mol. The van der Waals surface area contributed by atoms with Gasteiger partial charge in [-0.1, -0.05) is 33.1 Å². The van der Waals surface area contributed by atoms with Crippen molar-refractivity contribution in [1.82, 2.24) is 9.88 Å². The van der Waals surface area contributed by atoms with Gasteiger partial charge < -0.3 is 9.88 Å². The van der Waals surface area contributed by atoms with Crippen LogP contribution in [0.2, 0.25) is 0 Å². The quantitative estimate of drug-likeness (QED) is 0.732. The van der Waals surface area contributed by atoms with Gasteiger partial charge in [-0.25, -0.2) is 0 Å². The fraction of sp³-hybridized carbons (Fsp3) is 0.450. The molecule has 1 aromatic heterocycles. The molecular formula is C20H27N3. The SMILES string of the molecule is CCCCC(CC)CNCc1cccn1-c1ccc(C#N)cc1. The lowest BCUT2D eigenvalue weighted by Gasteiger charge is -2.16. The molecule has 3 heteroatoms. The lowest BCUT2D eigenvalue weighted by atomic mass is 9.99. The normalized spacial score (nSPS) is 12.0. The highest BCUT2D eigenvalue weighted by molar-refractivity contribution is 5.41. The molecule has 0 amide bonds. The van der Waals surface area contributed by atoms with Gasteiger partial charge in [0.25, 0.3) is 0 Å². The molecule has 1 heterocycles. The summed E-state index contributed by atoms with van der Waals surface area (Å²) in [6, 6.07) is 14.1. The molecule has 0 aliphatic rings. The van der Waals surface area contributed by atoms with E-state index in [1.165, 1.54) is 31.4 Å². The second-order valence-corrected chi connectivity index (χ2v) is 6.08. The molecule has 0 aliphatic carbocycles. The van der Waals surface area contributed by atoms with Crippen molar-refractivity contribution in [3.8, 4) is 11.8 Å². The van der Waals surface area contributed by atoms with E-state index in [2.05, 4.69) is 48.1 Å². The van der Waals surface area contributed by atoms with Crippen LogP contribution in [0.5, 0.6) is 0 Å². The van der Waals surface area contributed by atoms with Gasteiger partial charge in [-0.15, -0.1) is 0 Å². The predicted octanol–water partition coefficient (Wildman–Crippen LogP) is 4.65. The van der Waals surface area contributed by atoms with Crippen molar-refractivity contribution in [2.24, 2.45) is 5.92 Å². The number of nitriles is 1. The minimum Gasteiger partial charge on any atom is -0.320 e. The van der Waals surface area contributed by atoms with E-state index in [1.807, 2.05) is 24.3 Å². The number of benzene rings is 1. The van der Waals surface area contributed by atoms with Crippen molar-refractivity contribution < 1.29 is 0 Å². The first-order valence-electron chi connectivity index (χ1n) is 8.66. The van der Waals surface area contributed by atoms with Crippen molar-refractivity contribution in [2.45, 2.75) is 46.1 Å². The molecule has 1 N–H and O–H groups in total. The highest BCUT2D eigenvalue weighted by Crippen LogP contribution is 2.15. The van der Waals surface area contributed by atoms with Gasteiger partial charge in [0.1, 0.15) is 0 Å². The summed E-state index contributed by atoms with van der Waals surface area (Å²) in [7, 11) is 0. The average Bonchev–Trinajstić information content (AvgIpc) is 3.06. The van der Waals surface area contributed by atoms with E-state index in [4.69, 9.17) is 5.26 Å². The lowest BCUT2D eigenvalue weighted by molar-refractivity contribution is 0.417. The first-order chi connectivity index (χ1) is 11.3. The maximum absolute atomic E-state index is 8.90. The van der Waals surface area contributed by atoms with Gasteiger partial charge in [0.15, 0.2) is 0 Å². The van der Waals surface area contributed by atoms with Crippen LogP contribution in [0.4, 0.5) is 0 Å². The minimum absolute atomic E-state index is 0.697. The van der Waals surface area contributed by atoms with Crippen molar-refractivity contribution in [1.29, 1.82) is 5.26 Å². The number of hydrogen-bond acceptors (Lipinski definition) is 2. The Morgan fingerprint density at radius 1 is 1.17 bits per heavy atom. The molecule has 1 unspecified atom stereocenters. The Morgan fingerprint density at radius 2 is 1.96 bits per heavy atom. The van der Waals surface area contributed by atoms with Gasteiger partial charge in [-0.3, -0.25) is 0 Å². The number of rotatable bonds is 9. The van der Waals surface area contributed by atoms with E-state index in [9.17, 15) is 0 Å². The van der Waals surface area contributed by atoms with Gasteiger partial charge in [0, 0.05) is 24.1 Å². The van der Waals surface area contributed by atoms with Crippen LogP contribution in [0, 0.1) is 17.2 Å². The average molecular weight is 309 g/mol. The third-order valence-corrected chi connectivity index (χ3v) is 4.39. The Balaban J connectivity index is 1.94. The topological polar surface area (TPSA) is 40.8 Å². The van der Waals surface area contributed by atoms with Gasteiger partial charge >= 0.3 is 0 Å². The fourth-order valence-corrected chi connectivity index (χ4v) is 2.86. The number of aromatic nitrogens is 1. The molecule has 23 heavy (non-hydrogen) atoms. The maximum atomic E-state index is 8.90. The van der Waals surface area contributed by atoms with Gasteiger partial charge in [0.2, 0.25) is 0 Å². The van der Waals surface area contributed by atoms with E-state index < -0.39 is 0 Å². The molecule has 0 saturated carbocycles. The van der Waals surface area contributed by atoms with E-state index >= 15 is 0 Å². The van der Waals surface area contributed by atoms with E-state index in [0.29, 0.717) is 5.56 Å². The molecule has 0 spiro atoms. The minimum atomic E-state index is 0.697. The van der Waals surface area contributed by atoms with Crippen molar-refractivity contribution in [3.63, 3.8) is 0 Å². The van der Waals surface area contributed by atoms with E-state index in [0.717, 1.165) is 24.7 Å². The first-order valence-corrected chi connectivity index (χ1v) is 8.66. The third kappa shape index (κ3) is 4.97. The molecule has 0 saturated heterocycles. The molecule has 2 rings (SSSR count). The Kier molecular flexibility index (Phi) is 6.90. The number of nitrogens with one attached hydrogen (secondary N) is 1. The highest BCUT2D eigenvalue weighted by atomic mass is 15.0. The summed E-state index contributed by atoms with van der Waals surface area (Å²) in [5, 5.41) is 12.5. The fourth-order valence-electron chi connectivity index (χ4n) is 2.86. The molecular weight excluding hydrogens is 282 g/mol. The Labute approximate surface area is 139 Å². The molecule has 0 fully saturated rings. The van der Waals surface area contributed by atoms with Crippen LogP contribution >= 0.6 is 0 Å². The van der Waals surface area contributed by atoms with Gasteiger partial charge in [-0.2, -0.15) is 5.26 Å². The van der Waals surface area contributed by atoms with Crippen LogP contribution in [0.15, 0.2) is 42.6 Å². The summed E-state index contributed by atoms with van der Waals surface area (Å²) in [6.07, 6.45) is 7.23. The molecule has 0 radical (unpaired) electrons. The standard InChI is InChI=1S/C20H27N3/c1-3-5-7-17(4-2)15-22-16-20-8-6-13-23(20)19-11-9-18(14-21)10-12-19/h6,8-13,17,22H,3-5,7,15-16H2,1-2H3. The van der Waals surface area contributed by atoms with Gasteiger partial charge in [0.05, 0.1) is 11.6 Å². The maximum Gasteiger partial charge on any atom is 0.0991 e. The zero-order valence-electron chi connectivity index (χ0n) is 14.3. The van der Waals surface area contributed by atoms with Crippen molar-refractivity contribution in [3.05, 3.63) is 53.9 Å². The summed E-state index contributed by atoms with van der Waals surface area (Å²) < 4.78 is 2.18. The molecule has 122 valence electrons. The van der Waals surface area contributed by atoms with E-state index in [-0.39, 0.29) is 0 Å². The molecule has 1 aromatic carbocycles. The third-order valence-electron chi connectivity index (χ3n) is 4.39. The Hall–Kier alpha value is -2.05. The largest absolute Gasteiger partial charge is 0.320 e. The zero-order valence-corrected chi connectivity index (χ0v) is 14.3. The highest BCUT2D eigenvalue weighted by Gasteiger charge is 2.07. The summed E-state index contributed by atoms with van der Waals surface area (Å²) in [6.45, 7) is 6.48. The zero-order chi connectivity index (χ0) is 16.5. The molecule has 3 nitrogen and oxygen atoms in total. The molecule has 2 aromatic rings. The Bertz CT molecular complexity index is 619. The van der Waals surface area contributed by atoms with E-state index in [1.54, 1.807) is 0 Å². The second kappa shape index (κ2) is 9.17. The van der Waals surface area contributed by atoms with Crippen LogP contribution in [-0.4, -0.2) is 11.1 Å². The van der Waals surface area contributed by atoms with Crippen LogP contribution in [0.25, 0.3) is 5.69 Å².